The van der Waals surface area contributed by atoms with E-state index in [-0.39, 0.29) is 5.91 Å². The van der Waals surface area contributed by atoms with E-state index in [0.29, 0.717) is 18.2 Å². The van der Waals surface area contributed by atoms with E-state index in [0.717, 1.165) is 24.3 Å². The molecule has 0 N–H and O–H groups in total. The highest BCUT2D eigenvalue weighted by Crippen LogP contribution is 2.31. The van der Waals surface area contributed by atoms with Gasteiger partial charge in [0, 0.05) is 16.5 Å². The van der Waals surface area contributed by atoms with Gasteiger partial charge in [0.05, 0.1) is 6.54 Å². The monoisotopic (exact) mass is 349 g/mol. The van der Waals surface area contributed by atoms with Crippen LogP contribution in [-0.2, 0) is 6.54 Å². The van der Waals surface area contributed by atoms with Crippen LogP contribution in [0.1, 0.15) is 28.1 Å². The van der Waals surface area contributed by atoms with Crippen molar-refractivity contribution in [1.29, 1.82) is 0 Å². The fraction of sp³-hybridized carbons (Fsp3) is 0.190. The largest absolute Gasteiger partial charge is 0.457 e. The maximum atomic E-state index is 12.9. The molecule has 2 aromatic carbocycles. The average molecular weight is 349 g/mol. The normalized spacial score (nSPS) is 13.4. The number of benzene rings is 2. The maximum Gasteiger partial charge on any atom is 0.254 e. The lowest BCUT2D eigenvalue weighted by Crippen LogP contribution is -2.32. The van der Waals surface area contributed by atoms with Crippen LogP contribution in [0, 0.1) is 0 Å². The standard InChI is InChI=1S/C21H19NO2S/c23-21(22(17-10-11-17)15-20-7-4-14-25-20)16-8-12-19(13-9-16)24-18-5-2-1-3-6-18/h1-9,12-14,17H,10-11,15H2. The number of para-hydroxylation sites is 1. The predicted molar refractivity (Wildman–Crippen MR) is 100 cm³/mol. The molecule has 1 saturated carbocycles. The second-order valence-electron chi connectivity index (χ2n) is 6.18. The van der Waals surface area contributed by atoms with Crippen LogP contribution < -0.4 is 4.74 Å². The topological polar surface area (TPSA) is 29.5 Å². The fourth-order valence-electron chi connectivity index (χ4n) is 2.78. The van der Waals surface area contributed by atoms with Crippen LogP contribution in [0.25, 0.3) is 0 Å². The number of carbonyl (C=O) groups excluding carboxylic acids is 1. The van der Waals surface area contributed by atoms with Crippen LogP contribution in [0.15, 0.2) is 72.1 Å². The van der Waals surface area contributed by atoms with Crippen molar-refractivity contribution in [2.75, 3.05) is 0 Å². The van der Waals surface area contributed by atoms with Gasteiger partial charge < -0.3 is 9.64 Å². The summed E-state index contributed by atoms with van der Waals surface area (Å²) < 4.78 is 5.80. The summed E-state index contributed by atoms with van der Waals surface area (Å²) in [5.74, 6) is 1.63. The molecule has 4 heteroatoms. The van der Waals surface area contributed by atoms with Gasteiger partial charge in [-0.25, -0.2) is 0 Å². The first-order chi connectivity index (χ1) is 12.3. The molecular formula is C21H19NO2S. The van der Waals surface area contributed by atoms with Crippen LogP contribution in [0.5, 0.6) is 11.5 Å². The van der Waals surface area contributed by atoms with E-state index in [9.17, 15) is 4.79 Å². The molecular weight excluding hydrogens is 330 g/mol. The van der Waals surface area contributed by atoms with Gasteiger partial charge in [-0.2, -0.15) is 0 Å². The minimum atomic E-state index is 0.0992. The number of thiophene rings is 1. The van der Waals surface area contributed by atoms with Gasteiger partial charge in [-0.15, -0.1) is 11.3 Å². The third kappa shape index (κ3) is 3.91. The number of carbonyl (C=O) groups is 1. The number of hydrogen-bond donors (Lipinski definition) is 0. The Balaban J connectivity index is 1.47. The summed E-state index contributed by atoms with van der Waals surface area (Å²) in [6.07, 6.45) is 2.21. The van der Waals surface area contributed by atoms with Crippen LogP contribution in [0.4, 0.5) is 0 Å². The molecule has 0 spiro atoms. The maximum absolute atomic E-state index is 12.9. The molecule has 4 rings (SSSR count). The van der Waals surface area contributed by atoms with Gasteiger partial charge in [0.25, 0.3) is 5.91 Å². The van der Waals surface area contributed by atoms with Crippen LogP contribution in [-0.4, -0.2) is 16.8 Å². The number of hydrogen-bond acceptors (Lipinski definition) is 3. The third-order valence-corrected chi connectivity index (χ3v) is 5.10. The first-order valence-electron chi connectivity index (χ1n) is 8.46. The van der Waals surface area contributed by atoms with E-state index in [1.165, 1.54) is 4.88 Å². The molecule has 3 aromatic rings. The molecule has 0 unspecified atom stereocenters. The Morgan fingerprint density at radius 2 is 1.68 bits per heavy atom. The number of amides is 1. The highest BCUT2D eigenvalue weighted by atomic mass is 32.1. The van der Waals surface area contributed by atoms with Crippen molar-refractivity contribution in [2.24, 2.45) is 0 Å². The van der Waals surface area contributed by atoms with E-state index >= 15 is 0 Å². The average Bonchev–Trinajstić information content (AvgIpc) is 3.36. The second kappa shape index (κ2) is 7.11. The second-order valence-corrected chi connectivity index (χ2v) is 7.22. The Bertz CT molecular complexity index is 824. The lowest BCUT2D eigenvalue weighted by Gasteiger charge is -2.22. The Hall–Kier alpha value is -2.59. The molecule has 0 bridgehead atoms. The SMILES string of the molecule is O=C(c1ccc(Oc2ccccc2)cc1)N(Cc1cccs1)C1CC1. The van der Waals surface area contributed by atoms with Gasteiger partial charge in [0.2, 0.25) is 0 Å². The number of nitrogens with zero attached hydrogens (tertiary/aromatic N) is 1. The Labute approximate surface area is 151 Å². The number of ether oxygens (including phenoxy) is 1. The fourth-order valence-corrected chi connectivity index (χ4v) is 3.48. The van der Waals surface area contributed by atoms with Crippen molar-refractivity contribution < 1.29 is 9.53 Å². The summed E-state index contributed by atoms with van der Waals surface area (Å²) in [6, 6.07) is 21.6. The number of rotatable bonds is 6. The molecule has 1 amide bonds. The molecule has 25 heavy (non-hydrogen) atoms. The molecule has 0 saturated heterocycles. The van der Waals surface area contributed by atoms with E-state index < -0.39 is 0 Å². The van der Waals surface area contributed by atoms with Crippen LogP contribution in [0.2, 0.25) is 0 Å². The predicted octanol–water partition coefficient (Wildman–Crippen LogP) is 5.35. The highest BCUT2D eigenvalue weighted by molar-refractivity contribution is 7.09. The van der Waals surface area contributed by atoms with E-state index in [1.54, 1.807) is 11.3 Å². The van der Waals surface area contributed by atoms with Gasteiger partial charge >= 0.3 is 0 Å². The highest BCUT2D eigenvalue weighted by Gasteiger charge is 2.33. The minimum Gasteiger partial charge on any atom is -0.457 e. The van der Waals surface area contributed by atoms with Crippen LogP contribution >= 0.6 is 11.3 Å². The summed E-state index contributed by atoms with van der Waals surface area (Å²) in [5, 5.41) is 2.06. The Morgan fingerprint density at radius 3 is 2.32 bits per heavy atom. The quantitative estimate of drug-likeness (QED) is 0.601. The molecule has 1 fully saturated rings. The summed E-state index contributed by atoms with van der Waals surface area (Å²) >= 11 is 1.70. The summed E-state index contributed by atoms with van der Waals surface area (Å²) in [4.78, 5) is 16.1. The molecule has 1 aromatic heterocycles. The van der Waals surface area contributed by atoms with Crippen LogP contribution in [0.3, 0.4) is 0 Å². The van der Waals surface area contributed by atoms with E-state index in [4.69, 9.17) is 4.74 Å². The lowest BCUT2D eigenvalue weighted by molar-refractivity contribution is 0.0731. The smallest absolute Gasteiger partial charge is 0.254 e. The van der Waals surface area contributed by atoms with Crippen molar-refractivity contribution in [1.82, 2.24) is 4.90 Å². The van der Waals surface area contributed by atoms with Gasteiger partial charge in [0.1, 0.15) is 11.5 Å². The zero-order valence-electron chi connectivity index (χ0n) is 13.8. The van der Waals surface area contributed by atoms with Gasteiger partial charge in [0.15, 0.2) is 0 Å². The summed E-state index contributed by atoms with van der Waals surface area (Å²) in [5.41, 5.74) is 0.712. The molecule has 126 valence electrons. The van der Waals surface area contributed by atoms with Gasteiger partial charge in [-0.05, 0) is 60.7 Å². The zero-order chi connectivity index (χ0) is 17.1. The Morgan fingerprint density at radius 1 is 0.960 bits per heavy atom. The summed E-state index contributed by atoms with van der Waals surface area (Å²) in [6.45, 7) is 0.698. The van der Waals surface area contributed by atoms with E-state index in [1.807, 2.05) is 65.6 Å². The molecule has 0 radical (unpaired) electrons. The van der Waals surface area contributed by atoms with Crippen molar-refractivity contribution >= 4 is 17.2 Å². The lowest BCUT2D eigenvalue weighted by atomic mass is 10.2. The summed E-state index contributed by atoms with van der Waals surface area (Å²) in [7, 11) is 0. The molecule has 1 heterocycles. The Kier molecular flexibility index (Phi) is 4.53. The van der Waals surface area contributed by atoms with Gasteiger partial charge in [-0.3, -0.25) is 4.79 Å². The minimum absolute atomic E-state index is 0.0992. The van der Waals surface area contributed by atoms with Crippen molar-refractivity contribution in [3.63, 3.8) is 0 Å². The molecule has 3 nitrogen and oxygen atoms in total. The molecule has 0 atom stereocenters. The van der Waals surface area contributed by atoms with Crippen molar-refractivity contribution in [2.45, 2.75) is 25.4 Å². The van der Waals surface area contributed by atoms with Crippen molar-refractivity contribution in [3.8, 4) is 11.5 Å². The van der Waals surface area contributed by atoms with Crippen molar-refractivity contribution in [3.05, 3.63) is 82.6 Å². The molecule has 1 aliphatic carbocycles. The molecule has 0 aliphatic heterocycles. The first kappa shape index (κ1) is 15.9. The zero-order valence-corrected chi connectivity index (χ0v) is 14.6. The third-order valence-electron chi connectivity index (χ3n) is 4.23. The van der Waals surface area contributed by atoms with Gasteiger partial charge in [-0.1, -0.05) is 24.3 Å². The van der Waals surface area contributed by atoms with E-state index in [2.05, 4.69) is 11.4 Å². The molecule has 1 aliphatic rings. The first-order valence-corrected chi connectivity index (χ1v) is 9.34.